The van der Waals surface area contributed by atoms with Crippen molar-refractivity contribution in [3.05, 3.63) is 0 Å². The molecule has 0 rings (SSSR count). The molecule has 0 fully saturated rings. The van der Waals surface area contributed by atoms with E-state index in [0.29, 0.717) is 0 Å². The third kappa shape index (κ3) is 5.78. The Morgan fingerprint density at radius 2 is 2.06 bits per heavy atom. The highest BCUT2D eigenvalue weighted by molar-refractivity contribution is 7.98. The van der Waals surface area contributed by atoms with Crippen molar-refractivity contribution < 1.29 is 19.8 Å². The second-order valence-corrected chi connectivity index (χ2v) is 4.58. The molecule has 100 valence electrons. The Labute approximate surface area is 105 Å². The molecule has 3 N–H and O–H groups in total. The van der Waals surface area contributed by atoms with Crippen LogP contribution in [0.3, 0.4) is 0 Å². The lowest BCUT2D eigenvalue weighted by atomic mass is 10.2. The molecule has 2 atom stereocenters. The van der Waals surface area contributed by atoms with Gasteiger partial charge in [0.25, 0.3) is 0 Å². The molecule has 0 aromatic rings. The predicted octanol–water partition coefficient (Wildman–Crippen LogP) is 0.215. The summed E-state index contributed by atoms with van der Waals surface area (Å²) in [6.07, 6.45) is 1.22. The van der Waals surface area contributed by atoms with E-state index in [9.17, 15) is 9.59 Å². The fourth-order valence-electron chi connectivity index (χ4n) is 1.26. The first-order chi connectivity index (χ1) is 7.93. The van der Waals surface area contributed by atoms with E-state index < -0.39 is 12.1 Å². The summed E-state index contributed by atoms with van der Waals surface area (Å²) in [4.78, 5) is 23.5. The van der Waals surface area contributed by atoms with Gasteiger partial charge in [0.15, 0.2) is 6.10 Å². The minimum atomic E-state index is -1.56. The van der Waals surface area contributed by atoms with Crippen LogP contribution in [0.5, 0.6) is 0 Å². The van der Waals surface area contributed by atoms with Gasteiger partial charge in [-0.2, -0.15) is 11.8 Å². The summed E-state index contributed by atoms with van der Waals surface area (Å²) in [5.41, 5.74) is 0. The van der Waals surface area contributed by atoms with Crippen LogP contribution in [0.15, 0.2) is 0 Å². The molecule has 0 heterocycles. The number of aliphatic hydroxyl groups is 1. The number of hydrogen-bond donors (Lipinski definition) is 3. The van der Waals surface area contributed by atoms with Crippen LogP contribution in [0, 0.1) is 0 Å². The monoisotopic (exact) mass is 264 g/mol. The molecule has 0 bridgehead atoms. The minimum Gasteiger partial charge on any atom is -0.479 e. The first-order valence-corrected chi connectivity index (χ1v) is 6.73. The molecule has 0 aromatic heterocycles. The van der Waals surface area contributed by atoms with Gasteiger partial charge in [0, 0.05) is 18.8 Å². The lowest BCUT2D eigenvalue weighted by Gasteiger charge is -2.27. The number of thioether (sulfide) groups is 1. The Bertz CT molecular complexity index is 263. The van der Waals surface area contributed by atoms with Crippen molar-refractivity contribution in [3.63, 3.8) is 0 Å². The SMILES string of the molecule is CCC(CSC)N(C)C(=O)NCC(O)C(=O)O. The van der Waals surface area contributed by atoms with Crippen LogP contribution in [0.4, 0.5) is 4.79 Å². The molecule has 17 heavy (non-hydrogen) atoms. The maximum atomic E-state index is 11.6. The van der Waals surface area contributed by atoms with Gasteiger partial charge in [0.2, 0.25) is 0 Å². The van der Waals surface area contributed by atoms with Gasteiger partial charge in [0.05, 0.1) is 6.54 Å². The summed E-state index contributed by atoms with van der Waals surface area (Å²) in [5.74, 6) is -0.522. The number of nitrogens with zero attached hydrogens (tertiary/aromatic N) is 1. The number of aliphatic hydroxyl groups excluding tert-OH is 1. The topological polar surface area (TPSA) is 89.9 Å². The van der Waals surface area contributed by atoms with E-state index in [0.717, 1.165) is 12.2 Å². The summed E-state index contributed by atoms with van der Waals surface area (Å²) in [6.45, 7) is 1.70. The van der Waals surface area contributed by atoms with Crippen molar-refractivity contribution in [1.29, 1.82) is 0 Å². The Morgan fingerprint density at radius 1 is 1.47 bits per heavy atom. The Hall–Kier alpha value is -0.950. The zero-order valence-corrected chi connectivity index (χ0v) is 11.2. The smallest absolute Gasteiger partial charge is 0.334 e. The molecule has 7 heteroatoms. The molecule has 0 spiro atoms. The summed E-state index contributed by atoms with van der Waals surface area (Å²) in [5, 5.41) is 19.9. The Kier molecular flexibility index (Phi) is 7.73. The molecule has 6 nitrogen and oxygen atoms in total. The van der Waals surface area contributed by atoms with Gasteiger partial charge in [-0.05, 0) is 12.7 Å². The predicted molar refractivity (Wildman–Crippen MR) is 67.3 cm³/mol. The number of nitrogens with one attached hydrogen (secondary N) is 1. The van der Waals surface area contributed by atoms with Crippen LogP contribution in [0.1, 0.15) is 13.3 Å². The normalized spacial score (nSPS) is 13.9. The number of hydrogen-bond acceptors (Lipinski definition) is 4. The number of carbonyl (C=O) groups excluding carboxylic acids is 1. The summed E-state index contributed by atoms with van der Waals surface area (Å²) >= 11 is 1.64. The van der Waals surface area contributed by atoms with Gasteiger partial charge < -0.3 is 20.4 Å². The number of rotatable bonds is 7. The zero-order chi connectivity index (χ0) is 13.4. The van der Waals surface area contributed by atoms with E-state index in [4.69, 9.17) is 10.2 Å². The Morgan fingerprint density at radius 3 is 2.47 bits per heavy atom. The van der Waals surface area contributed by atoms with Gasteiger partial charge in [-0.3, -0.25) is 0 Å². The molecule has 2 amide bonds. The number of urea groups is 1. The summed E-state index contributed by atoms with van der Waals surface area (Å²) in [6, 6.07) is -0.266. The van der Waals surface area contributed by atoms with E-state index in [1.165, 1.54) is 4.90 Å². The van der Waals surface area contributed by atoms with Crippen molar-refractivity contribution >= 4 is 23.8 Å². The van der Waals surface area contributed by atoms with Gasteiger partial charge in [0.1, 0.15) is 0 Å². The standard InChI is InChI=1S/C10H20N2O4S/c1-4-7(6-17-3)12(2)10(16)11-5-8(13)9(14)15/h7-8,13H,4-6H2,1-3H3,(H,11,16)(H,14,15). The minimum absolute atomic E-state index is 0.104. The molecule has 0 aliphatic carbocycles. The fourth-order valence-corrected chi connectivity index (χ4v) is 2.10. The maximum absolute atomic E-state index is 11.6. The molecule has 0 aliphatic heterocycles. The third-order valence-electron chi connectivity index (χ3n) is 2.43. The number of amides is 2. The van der Waals surface area contributed by atoms with Crippen LogP contribution in [0.25, 0.3) is 0 Å². The summed E-state index contributed by atoms with van der Waals surface area (Å²) in [7, 11) is 1.66. The number of aliphatic carboxylic acids is 1. The van der Waals surface area contributed by atoms with E-state index in [-0.39, 0.29) is 18.6 Å². The molecule has 0 radical (unpaired) electrons. The molecular weight excluding hydrogens is 244 g/mol. The van der Waals surface area contributed by atoms with Crippen molar-refractivity contribution in [2.75, 3.05) is 25.6 Å². The van der Waals surface area contributed by atoms with E-state index in [1.54, 1.807) is 18.8 Å². The second kappa shape index (κ2) is 8.19. The molecule has 0 saturated heterocycles. The van der Waals surface area contributed by atoms with Crippen LogP contribution in [-0.2, 0) is 4.79 Å². The lowest BCUT2D eigenvalue weighted by Crippen LogP contribution is -2.47. The van der Waals surface area contributed by atoms with E-state index in [2.05, 4.69) is 5.32 Å². The van der Waals surface area contributed by atoms with Crippen LogP contribution < -0.4 is 5.32 Å². The van der Waals surface area contributed by atoms with Crippen molar-refractivity contribution in [2.45, 2.75) is 25.5 Å². The van der Waals surface area contributed by atoms with Crippen molar-refractivity contribution in [3.8, 4) is 0 Å². The van der Waals surface area contributed by atoms with Gasteiger partial charge >= 0.3 is 12.0 Å². The molecule has 0 saturated carbocycles. The average molecular weight is 264 g/mol. The second-order valence-electron chi connectivity index (χ2n) is 3.67. The van der Waals surface area contributed by atoms with Crippen LogP contribution >= 0.6 is 11.8 Å². The van der Waals surface area contributed by atoms with E-state index >= 15 is 0 Å². The number of carboxylic acids is 1. The highest BCUT2D eigenvalue weighted by Crippen LogP contribution is 2.08. The molecular formula is C10H20N2O4S. The molecule has 2 unspecified atom stereocenters. The van der Waals surface area contributed by atoms with E-state index in [1.807, 2.05) is 13.2 Å². The lowest BCUT2D eigenvalue weighted by molar-refractivity contribution is -0.146. The van der Waals surface area contributed by atoms with Crippen LogP contribution in [-0.4, -0.2) is 64.9 Å². The van der Waals surface area contributed by atoms with Crippen molar-refractivity contribution in [2.24, 2.45) is 0 Å². The highest BCUT2D eigenvalue weighted by atomic mass is 32.2. The van der Waals surface area contributed by atoms with Gasteiger partial charge in [-0.25, -0.2) is 9.59 Å². The van der Waals surface area contributed by atoms with Crippen molar-refractivity contribution in [1.82, 2.24) is 10.2 Å². The zero-order valence-electron chi connectivity index (χ0n) is 10.3. The fraction of sp³-hybridized carbons (Fsp3) is 0.800. The Balaban J connectivity index is 4.16. The van der Waals surface area contributed by atoms with Gasteiger partial charge in [-0.15, -0.1) is 0 Å². The average Bonchev–Trinajstić information content (AvgIpc) is 2.31. The first kappa shape index (κ1) is 16.1. The number of carbonyl (C=O) groups is 2. The molecule has 0 aromatic carbocycles. The summed E-state index contributed by atoms with van der Waals surface area (Å²) < 4.78 is 0. The molecule has 0 aliphatic rings. The highest BCUT2D eigenvalue weighted by Gasteiger charge is 2.20. The largest absolute Gasteiger partial charge is 0.479 e. The third-order valence-corrected chi connectivity index (χ3v) is 3.15. The number of carboxylic acid groups (broad SMARTS) is 1. The van der Waals surface area contributed by atoms with Crippen LogP contribution in [0.2, 0.25) is 0 Å². The van der Waals surface area contributed by atoms with Gasteiger partial charge in [-0.1, -0.05) is 6.92 Å². The first-order valence-electron chi connectivity index (χ1n) is 5.34. The maximum Gasteiger partial charge on any atom is 0.334 e. The quantitative estimate of drug-likeness (QED) is 0.612.